The number of carboxylic acids is 1. The van der Waals surface area contributed by atoms with Gasteiger partial charge in [-0.3, -0.25) is 34.8 Å². The first-order valence-corrected chi connectivity index (χ1v) is 17.7. The van der Waals surface area contributed by atoms with Crippen molar-refractivity contribution >= 4 is 53.3 Å². The van der Waals surface area contributed by atoms with Crippen molar-refractivity contribution in [3.8, 4) is 40.2 Å². The molecule has 62 heavy (non-hydrogen) atoms. The number of aliphatic carboxylic acids is 1. The summed E-state index contributed by atoms with van der Waals surface area (Å²) in [7, 11) is 6.58. The molecule has 0 fully saturated rings. The molecule has 0 aliphatic carbocycles. The van der Waals surface area contributed by atoms with Crippen molar-refractivity contribution in [3.05, 3.63) is 95.1 Å². The number of carboxylic acid groups (broad SMARTS) is 1. The molecule has 21 nitrogen and oxygen atoms in total. The number of rotatable bonds is 17. The number of nitrogens with one attached hydrogen (secondary N) is 3. The van der Waals surface area contributed by atoms with Crippen molar-refractivity contribution in [2.45, 2.75) is 26.1 Å². The van der Waals surface area contributed by atoms with Crippen molar-refractivity contribution in [2.75, 3.05) is 40.9 Å². The van der Waals surface area contributed by atoms with Crippen LogP contribution in [0.1, 0.15) is 55.3 Å². The minimum atomic E-state index is -2.56. The van der Waals surface area contributed by atoms with Crippen LogP contribution in [0.5, 0.6) is 40.2 Å². The molecule has 0 heterocycles. The molecular formula is C41H39N3O18. The van der Waals surface area contributed by atoms with E-state index in [1.54, 1.807) is 0 Å². The molecule has 0 bridgehead atoms. The van der Waals surface area contributed by atoms with E-state index in [-0.39, 0.29) is 68.2 Å². The number of ether oxygens (including phenoxy) is 9. The van der Waals surface area contributed by atoms with Crippen molar-refractivity contribution in [3.63, 3.8) is 0 Å². The Bertz CT molecular complexity index is 2350. The molecule has 0 saturated carbocycles. The summed E-state index contributed by atoms with van der Waals surface area (Å²) in [6, 6.07) is 14.8. The van der Waals surface area contributed by atoms with Crippen LogP contribution < -0.4 is 49.3 Å². The SMILES string of the molecule is COc1cc(C(=O)O[C@H](C(=O)O)[C@H](OC(=O)c2ccc(OC(C)=O)c(OC)c2)C(=O)NNC(=O)c2ccc(NC(=O)c3cc(OC)c(OC)c(OC)c3)cc2)ccc1OC(C)=O. The van der Waals surface area contributed by atoms with Crippen LogP contribution in [0.25, 0.3) is 0 Å². The number of hydrazine groups is 1. The number of anilines is 1. The van der Waals surface area contributed by atoms with Crippen LogP contribution in [0.3, 0.4) is 0 Å². The summed E-state index contributed by atoms with van der Waals surface area (Å²) in [6.45, 7) is 2.24. The molecule has 4 rings (SSSR count). The highest BCUT2D eigenvalue weighted by Gasteiger charge is 2.41. The predicted molar refractivity (Wildman–Crippen MR) is 211 cm³/mol. The fraction of sp³-hybridized carbons (Fsp3) is 0.220. The molecule has 3 amide bonds. The van der Waals surface area contributed by atoms with Gasteiger partial charge in [-0.2, -0.15) is 0 Å². The number of hydrogen-bond donors (Lipinski definition) is 4. The van der Waals surface area contributed by atoms with E-state index < -0.39 is 59.8 Å². The van der Waals surface area contributed by atoms with Gasteiger partial charge in [0.2, 0.25) is 18.0 Å². The Morgan fingerprint density at radius 3 is 1.34 bits per heavy atom. The number of carbonyl (C=O) groups excluding carboxylic acids is 7. The van der Waals surface area contributed by atoms with Crippen LogP contribution in [-0.2, 0) is 28.7 Å². The number of esters is 4. The Morgan fingerprint density at radius 1 is 0.484 bits per heavy atom. The molecule has 0 aromatic heterocycles. The molecule has 0 saturated heterocycles. The second kappa shape index (κ2) is 21.1. The average molecular weight is 862 g/mol. The van der Waals surface area contributed by atoms with Crippen LogP contribution in [0.2, 0.25) is 0 Å². The van der Waals surface area contributed by atoms with Gasteiger partial charge in [-0.1, -0.05) is 0 Å². The number of carbonyl (C=O) groups is 8. The topological polar surface area (TPSA) is 276 Å². The quantitative estimate of drug-likeness (QED) is 0.0674. The number of benzene rings is 4. The lowest BCUT2D eigenvalue weighted by Crippen LogP contribution is -2.54. The van der Waals surface area contributed by atoms with E-state index in [4.69, 9.17) is 42.6 Å². The van der Waals surface area contributed by atoms with Gasteiger partial charge in [-0.05, 0) is 72.8 Å². The fourth-order valence-corrected chi connectivity index (χ4v) is 5.31. The second-order valence-electron chi connectivity index (χ2n) is 12.3. The minimum absolute atomic E-state index is 0.0723. The molecule has 0 radical (unpaired) electrons. The molecule has 4 aromatic carbocycles. The van der Waals surface area contributed by atoms with Gasteiger partial charge in [0.1, 0.15) is 0 Å². The minimum Gasteiger partial charge on any atom is -0.493 e. The van der Waals surface area contributed by atoms with Gasteiger partial charge >= 0.3 is 29.8 Å². The Balaban J connectivity index is 1.56. The lowest BCUT2D eigenvalue weighted by atomic mass is 10.1. The third-order valence-corrected chi connectivity index (χ3v) is 8.18. The van der Waals surface area contributed by atoms with Crippen LogP contribution in [0.15, 0.2) is 72.8 Å². The molecule has 326 valence electrons. The zero-order valence-corrected chi connectivity index (χ0v) is 34.0. The highest BCUT2D eigenvalue weighted by Crippen LogP contribution is 2.38. The third-order valence-electron chi connectivity index (χ3n) is 8.18. The van der Waals surface area contributed by atoms with E-state index in [1.807, 2.05) is 5.43 Å². The Hall–Kier alpha value is -8.36. The van der Waals surface area contributed by atoms with E-state index in [0.29, 0.717) is 0 Å². The lowest BCUT2D eigenvalue weighted by Gasteiger charge is -2.24. The van der Waals surface area contributed by atoms with Crippen molar-refractivity contribution in [1.82, 2.24) is 10.9 Å². The van der Waals surface area contributed by atoms with Gasteiger partial charge in [0, 0.05) is 30.7 Å². The standard InChI is InChI=1S/C41H39N3O18/c1-20(45)59-27-14-10-23(16-29(27)54-3)40(52)61-34(35(39(50)51)62-41(53)24-11-15-28(60-21(2)46)30(17-24)55-4)38(49)44-43-37(48)22-8-12-26(13-9-22)42-36(47)25-18-31(56-5)33(58-7)32(19-25)57-6/h8-19,34-35H,1-7H3,(H,42,47)(H,43,48)(H,44,49)(H,50,51)/t34-,35-/m0/s1. The normalized spacial score (nSPS) is 11.3. The van der Waals surface area contributed by atoms with Gasteiger partial charge in [0.25, 0.3) is 17.7 Å². The largest absolute Gasteiger partial charge is 0.493 e. The summed E-state index contributed by atoms with van der Waals surface area (Å²) in [4.78, 5) is 102. The molecule has 21 heteroatoms. The first kappa shape index (κ1) is 46.3. The summed E-state index contributed by atoms with van der Waals surface area (Å²) < 4.78 is 46.6. The molecule has 2 atom stereocenters. The predicted octanol–water partition coefficient (Wildman–Crippen LogP) is 3.13. The molecule has 4 N–H and O–H groups in total. The van der Waals surface area contributed by atoms with Crippen molar-refractivity contribution < 1.29 is 86.1 Å². The molecule has 0 aliphatic rings. The van der Waals surface area contributed by atoms with E-state index in [9.17, 15) is 43.5 Å². The molecule has 4 aromatic rings. The van der Waals surface area contributed by atoms with Gasteiger partial charge in [-0.15, -0.1) is 0 Å². The van der Waals surface area contributed by atoms with Gasteiger partial charge in [0.05, 0.1) is 46.7 Å². The van der Waals surface area contributed by atoms with Crippen molar-refractivity contribution in [2.24, 2.45) is 0 Å². The first-order valence-electron chi connectivity index (χ1n) is 17.7. The Kier molecular flexibility index (Phi) is 15.7. The van der Waals surface area contributed by atoms with Crippen LogP contribution in [0, 0.1) is 0 Å². The molecule has 0 unspecified atom stereocenters. The van der Waals surface area contributed by atoms with E-state index >= 15 is 0 Å². The maximum Gasteiger partial charge on any atom is 0.349 e. The van der Waals surface area contributed by atoms with Gasteiger partial charge < -0.3 is 53.1 Å². The van der Waals surface area contributed by atoms with Crippen LogP contribution >= 0.6 is 0 Å². The Morgan fingerprint density at radius 2 is 0.919 bits per heavy atom. The first-order chi connectivity index (χ1) is 29.5. The molecule has 0 spiro atoms. The van der Waals surface area contributed by atoms with E-state index in [1.165, 1.54) is 71.9 Å². The molecule has 0 aliphatic heterocycles. The highest BCUT2D eigenvalue weighted by molar-refractivity contribution is 6.05. The zero-order chi connectivity index (χ0) is 45.7. The molecular weight excluding hydrogens is 822 g/mol. The van der Waals surface area contributed by atoms with Crippen LogP contribution in [-0.4, -0.2) is 100 Å². The monoisotopic (exact) mass is 861 g/mol. The van der Waals surface area contributed by atoms with Gasteiger partial charge in [-0.25, -0.2) is 14.4 Å². The summed E-state index contributed by atoms with van der Waals surface area (Å²) in [5.41, 5.74) is 3.67. The summed E-state index contributed by atoms with van der Waals surface area (Å²) in [6.07, 6.45) is -5.04. The zero-order valence-electron chi connectivity index (χ0n) is 34.0. The summed E-state index contributed by atoms with van der Waals surface area (Å²) >= 11 is 0. The Labute approximate surface area is 352 Å². The highest BCUT2D eigenvalue weighted by atomic mass is 16.6. The lowest BCUT2D eigenvalue weighted by molar-refractivity contribution is -0.159. The number of methoxy groups -OCH3 is 5. The number of amides is 3. The second-order valence-corrected chi connectivity index (χ2v) is 12.3. The summed E-state index contributed by atoms with van der Waals surface area (Å²) in [5, 5.41) is 12.8. The van der Waals surface area contributed by atoms with Gasteiger partial charge in [0.15, 0.2) is 34.5 Å². The van der Waals surface area contributed by atoms with Crippen molar-refractivity contribution in [1.29, 1.82) is 0 Å². The van der Waals surface area contributed by atoms with E-state index in [0.717, 1.165) is 50.2 Å². The smallest absolute Gasteiger partial charge is 0.349 e. The average Bonchev–Trinajstić information content (AvgIpc) is 3.25. The summed E-state index contributed by atoms with van der Waals surface area (Å²) in [5.74, 6) is -8.76. The maximum atomic E-state index is 13.6. The third kappa shape index (κ3) is 11.6. The van der Waals surface area contributed by atoms with Crippen LogP contribution in [0.4, 0.5) is 5.69 Å². The van der Waals surface area contributed by atoms with E-state index in [2.05, 4.69) is 10.7 Å². The maximum absolute atomic E-state index is 13.6. The fourth-order valence-electron chi connectivity index (χ4n) is 5.31. The number of hydrogen-bond acceptors (Lipinski definition) is 17.